The van der Waals surface area contributed by atoms with Crippen LogP contribution in [0, 0.1) is 6.92 Å². The highest BCUT2D eigenvalue weighted by Gasteiger charge is 2.25. The Hall–Kier alpha value is -3.67. The fraction of sp³-hybridized carbons (Fsp3) is 0.174. The van der Waals surface area contributed by atoms with Crippen molar-refractivity contribution in [3.05, 3.63) is 89.2 Å². The zero-order valence-corrected chi connectivity index (χ0v) is 16.1. The third kappa shape index (κ3) is 4.27. The SMILES string of the molecule is Cc1ccc2c(c1)OCC(=O)N2Cc1cccc(C(=O)NCc2ccccn2)c1. The van der Waals surface area contributed by atoms with Crippen LogP contribution in [-0.4, -0.2) is 23.4 Å². The van der Waals surface area contributed by atoms with Gasteiger partial charge in [0.2, 0.25) is 0 Å². The second-order valence-electron chi connectivity index (χ2n) is 6.94. The minimum absolute atomic E-state index is 0.0146. The van der Waals surface area contributed by atoms with Gasteiger partial charge in [-0.3, -0.25) is 14.6 Å². The predicted octanol–water partition coefficient (Wildman–Crippen LogP) is 3.25. The van der Waals surface area contributed by atoms with Crippen LogP contribution in [0.4, 0.5) is 5.69 Å². The second kappa shape index (κ2) is 8.14. The maximum absolute atomic E-state index is 12.5. The van der Waals surface area contributed by atoms with Crippen LogP contribution < -0.4 is 15.0 Å². The number of carbonyl (C=O) groups excluding carboxylic acids is 2. The molecule has 0 aliphatic carbocycles. The summed E-state index contributed by atoms with van der Waals surface area (Å²) in [7, 11) is 0. The van der Waals surface area contributed by atoms with Gasteiger partial charge in [0.15, 0.2) is 6.61 Å². The van der Waals surface area contributed by atoms with E-state index in [-0.39, 0.29) is 18.4 Å². The first-order valence-corrected chi connectivity index (χ1v) is 9.41. The molecule has 1 aromatic heterocycles. The van der Waals surface area contributed by atoms with Crippen LogP contribution in [0.2, 0.25) is 0 Å². The van der Waals surface area contributed by atoms with Gasteiger partial charge < -0.3 is 15.0 Å². The van der Waals surface area contributed by atoms with Gasteiger partial charge >= 0.3 is 0 Å². The molecule has 146 valence electrons. The molecule has 6 nitrogen and oxygen atoms in total. The minimum atomic E-state index is -0.179. The number of carbonyl (C=O) groups is 2. The number of fused-ring (bicyclic) bond motifs is 1. The molecular weight excluding hydrogens is 366 g/mol. The molecule has 2 amide bonds. The molecule has 0 atom stereocenters. The molecule has 0 fully saturated rings. The van der Waals surface area contributed by atoms with Crippen LogP contribution >= 0.6 is 0 Å². The molecule has 0 unspecified atom stereocenters. The van der Waals surface area contributed by atoms with Gasteiger partial charge in [-0.15, -0.1) is 0 Å². The highest BCUT2D eigenvalue weighted by atomic mass is 16.5. The fourth-order valence-electron chi connectivity index (χ4n) is 3.25. The average molecular weight is 387 g/mol. The number of rotatable bonds is 5. The van der Waals surface area contributed by atoms with Crippen LogP contribution in [0.1, 0.15) is 27.2 Å². The normalized spacial score (nSPS) is 12.9. The number of amides is 2. The van der Waals surface area contributed by atoms with E-state index in [0.717, 1.165) is 22.5 Å². The molecule has 1 aliphatic heterocycles. The number of aromatic nitrogens is 1. The summed E-state index contributed by atoms with van der Waals surface area (Å²) >= 11 is 0. The molecule has 1 aliphatic rings. The van der Waals surface area contributed by atoms with E-state index in [0.29, 0.717) is 24.4 Å². The first-order valence-electron chi connectivity index (χ1n) is 9.41. The number of ether oxygens (including phenoxy) is 1. The van der Waals surface area contributed by atoms with Crippen molar-refractivity contribution in [3.8, 4) is 5.75 Å². The van der Waals surface area contributed by atoms with Crippen molar-refractivity contribution in [1.82, 2.24) is 10.3 Å². The van der Waals surface area contributed by atoms with E-state index in [9.17, 15) is 9.59 Å². The molecular formula is C23H21N3O3. The van der Waals surface area contributed by atoms with Gasteiger partial charge in [-0.1, -0.05) is 24.3 Å². The highest BCUT2D eigenvalue weighted by molar-refractivity contribution is 5.98. The number of hydrogen-bond acceptors (Lipinski definition) is 4. The molecule has 1 N–H and O–H groups in total. The van der Waals surface area contributed by atoms with Gasteiger partial charge in [0, 0.05) is 11.8 Å². The summed E-state index contributed by atoms with van der Waals surface area (Å²) < 4.78 is 5.56. The second-order valence-corrected chi connectivity index (χ2v) is 6.94. The first kappa shape index (κ1) is 18.7. The van der Waals surface area contributed by atoms with E-state index in [1.807, 2.05) is 61.5 Å². The maximum Gasteiger partial charge on any atom is 0.265 e. The lowest BCUT2D eigenvalue weighted by Crippen LogP contribution is -2.38. The first-order chi connectivity index (χ1) is 14.1. The zero-order chi connectivity index (χ0) is 20.2. The molecule has 0 saturated carbocycles. The van der Waals surface area contributed by atoms with E-state index >= 15 is 0 Å². The van der Waals surface area contributed by atoms with Crippen LogP contribution in [0.5, 0.6) is 5.75 Å². The van der Waals surface area contributed by atoms with Gasteiger partial charge in [0.25, 0.3) is 11.8 Å². The van der Waals surface area contributed by atoms with Crippen molar-refractivity contribution in [1.29, 1.82) is 0 Å². The molecule has 29 heavy (non-hydrogen) atoms. The lowest BCUT2D eigenvalue weighted by Gasteiger charge is -2.29. The van der Waals surface area contributed by atoms with Crippen molar-refractivity contribution < 1.29 is 14.3 Å². The largest absolute Gasteiger partial charge is 0.482 e. The minimum Gasteiger partial charge on any atom is -0.482 e. The third-order valence-electron chi connectivity index (χ3n) is 4.74. The van der Waals surface area contributed by atoms with Gasteiger partial charge in [0.05, 0.1) is 24.5 Å². The van der Waals surface area contributed by atoms with Crippen LogP contribution in [0.15, 0.2) is 66.9 Å². The Labute approximate surface area is 169 Å². The number of anilines is 1. The zero-order valence-electron chi connectivity index (χ0n) is 16.1. The summed E-state index contributed by atoms with van der Waals surface area (Å²) in [6, 6.07) is 18.7. The van der Waals surface area contributed by atoms with E-state index in [1.165, 1.54) is 0 Å². The Balaban J connectivity index is 1.49. The topological polar surface area (TPSA) is 71.5 Å². The molecule has 3 aromatic rings. The molecule has 0 radical (unpaired) electrons. The van der Waals surface area contributed by atoms with Crippen molar-refractivity contribution >= 4 is 17.5 Å². The summed E-state index contributed by atoms with van der Waals surface area (Å²) in [6.07, 6.45) is 1.70. The fourth-order valence-corrected chi connectivity index (χ4v) is 3.25. The summed E-state index contributed by atoms with van der Waals surface area (Å²) in [5.41, 5.74) is 4.03. The highest BCUT2D eigenvalue weighted by Crippen LogP contribution is 2.33. The molecule has 0 bridgehead atoms. The monoisotopic (exact) mass is 387 g/mol. The van der Waals surface area contributed by atoms with Crippen LogP contribution in [-0.2, 0) is 17.9 Å². The number of benzene rings is 2. The van der Waals surface area contributed by atoms with Crippen molar-refractivity contribution in [3.63, 3.8) is 0 Å². The Kier molecular flexibility index (Phi) is 5.24. The van der Waals surface area contributed by atoms with Crippen molar-refractivity contribution in [2.45, 2.75) is 20.0 Å². The van der Waals surface area contributed by atoms with E-state index < -0.39 is 0 Å². The van der Waals surface area contributed by atoms with Crippen LogP contribution in [0.25, 0.3) is 0 Å². The van der Waals surface area contributed by atoms with Crippen molar-refractivity contribution in [2.24, 2.45) is 0 Å². The third-order valence-corrected chi connectivity index (χ3v) is 4.74. The summed E-state index contributed by atoms with van der Waals surface area (Å²) in [5, 5.41) is 2.87. The average Bonchev–Trinajstić information content (AvgIpc) is 2.75. The van der Waals surface area contributed by atoms with Gasteiger partial charge in [-0.05, 0) is 54.4 Å². The summed E-state index contributed by atoms with van der Waals surface area (Å²) in [5.74, 6) is 0.419. The molecule has 2 heterocycles. The number of pyridine rings is 1. The quantitative estimate of drug-likeness (QED) is 0.730. The number of nitrogens with one attached hydrogen (secondary N) is 1. The van der Waals surface area contributed by atoms with E-state index in [4.69, 9.17) is 4.74 Å². The number of nitrogens with zero attached hydrogens (tertiary/aromatic N) is 2. The Morgan fingerprint density at radius 2 is 2.03 bits per heavy atom. The van der Waals surface area contributed by atoms with Gasteiger partial charge in [-0.2, -0.15) is 0 Å². The van der Waals surface area contributed by atoms with Crippen LogP contribution in [0.3, 0.4) is 0 Å². The lowest BCUT2D eigenvalue weighted by atomic mass is 10.1. The maximum atomic E-state index is 12.5. The predicted molar refractivity (Wildman–Crippen MR) is 110 cm³/mol. The molecule has 2 aromatic carbocycles. The van der Waals surface area contributed by atoms with E-state index in [2.05, 4.69) is 10.3 Å². The van der Waals surface area contributed by atoms with Crippen molar-refractivity contribution in [2.75, 3.05) is 11.5 Å². The van der Waals surface area contributed by atoms with E-state index in [1.54, 1.807) is 17.2 Å². The lowest BCUT2D eigenvalue weighted by molar-refractivity contribution is -0.121. The Bertz CT molecular complexity index is 1050. The molecule has 4 rings (SSSR count). The standard InChI is InChI=1S/C23H21N3O3/c1-16-8-9-20-21(11-16)29-15-22(27)26(20)14-17-5-4-6-18(12-17)23(28)25-13-19-7-2-3-10-24-19/h2-12H,13-15H2,1H3,(H,25,28). The smallest absolute Gasteiger partial charge is 0.265 e. The van der Waals surface area contributed by atoms with Gasteiger partial charge in [-0.25, -0.2) is 0 Å². The Morgan fingerprint density at radius 3 is 2.86 bits per heavy atom. The molecule has 0 saturated heterocycles. The summed E-state index contributed by atoms with van der Waals surface area (Å²) in [4.78, 5) is 30.9. The number of hydrogen-bond donors (Lipinski definition) is 1. The molecule has 0 spiro atoms. The number of aryl methyl sites for hydroxylation is 1. The van der Waals surface area contributed by atoms with Gasteiger partial charge in [0.1, 0.15) is 5.75 Å². The molecule has 6 heteroatoms. The Morgan fingerprint density at radius 1 is 1.14 bits per heavy atom. The summed E-state index contributed by atoms with van der Waals surface area (Å²) in [6.45, 7) is 2.73.